The Labute approximate surface area is 117 Å². The molecule has 1 fully saturated rings. The summed E-state index contributed by atoms with van der Waals surface area (Å²) in [5, 5.41) is 27.8. The average Bonchev–Trinajstić information content (AvgIpc) is 2.46. The normalized spacial score (nSPS) is 17.5. The first-order valence-corrected chi connectivity index (χ1v) is 6.48. The number of nitriles is 1. The molecule has 0 saturated carbocycles. The minimum absolute atomic E-state index is 0.0771. The number of piperazine rings is 1. The van der Waals surface area contributed by atoms with E-state index >= 15 is 0 Å². The number of hydrogen-bond donors (Lipinski definition) is 2. The molecule has 6 heteroatoms. The lowest BCUT2D eigenvalue weighted by Crippen LogP contribution is -2.51. The summed E-state index contributed by atoms with van der Waals surface area (Å²) in [6.45, 7) is 4.15. The average molecular weight is 275 g/mol. The van der Waals surface area contributed by atoms with E-state index in [0.29, 0.717) is 26.2 Å². The summed E-state index contributed by atoms with van der Waals surface area (Å²) in [6, 6.07) is 5.97. The van der Waals surface area contributed by atoms with Crippen molar-refractivity contribution < 1.29 is 15.0 Å². The van der Waals surface area contributed by atoms with Gasteiger partial charge in [0.25, 0.3) is 5.91 Å². The fourth-order valence-corrected chi connectivity index (χ4v) is 2.27. The molecule has 20 heavy (non-hydrogen) atoms. The molecule has 0 spiro atoms. The van der Waals surface area contributed by atoms with E-state index in [9.17, 15) is 15.0 Å². The number of nitrogens with zero attached hydrogens (tertiary/aromatic N) is 3. The van der Waals surface area contributed by atoms with Crippen molar-refractivity contribution in [1.82, 2.24) is 9.80 Å². The molecular weight excluding hydrogens is 258 g/mol. The Morgan fingerprint density at radius 2 is 1.95 bits per heavy atom. The van der Waals surface area contributed by atoms with Gasteiger partial charge in [-0.25, -0.2) is 0 Å². The van der Waals surface area contributed by atoms with Crippen molar-refractivity contribution in [1.29, 1.82) is 5.26 Å². The Hall–Kier alpha value is -2.26. The van der Waals surface area contributed by atoms with E-state index in [1.54, 1.807) is 4.90 Å². The number of carbonyl (C=O) groups is 1. The number of phenols is 2. The molecule has 1 aliphatic heterocycles. The molecule has 1 aromatic carbocycles. The van der Waals surface area contributed by atoms with Gasteiger partial charge in [-0.05, 0) is 19.1 Å². The zero-order chi connectivity index (χ0) is 14.7. The van der Waals surface area contributed by atoms with Gasteiger partial charge in [-0.2, -0.15) is 5.26 Å². The highest BCUT2D eigenvalue weighted by Gasteiger charge is 2.25. The van der Waals surface area contributed by atoms with Crippen LogP contribution in [0.5, 0.6) is 11.5 Å². The van der Waals surface area contributed by atoms with Crippen LogP contribution in [0.2, 0.25) is 0 Å². The molecule has 2 N–H and O–H groups in total. The summed E-state index contributed by atoms with van der Waals surface area (Å²) in [4.78, 5) is 15.9. The number of phenolic OH excluding ortho intramolecular Hbond substituents is 2. The third-order valence-electron chi connectivity index (χ3n) is 3.55. The molecule has 2 rings (SSSR count). The smallest absolute Gasteiger partial charge is 0.257 e. The van der Waals surface area contributed by atoms with Gasteiger partial charge in [0.05, 0.1) is 17.7 Å². The van der Waals surface area contributed by atoms with Crippen molar-refractivity contribution in [2.24, 2.45) is 0 Å². The van der Waals surface area contributed by atoms with E-state index in [0.717, 1.165) is 6.07 Å². The van der Waals surface area contributed by atoms with Crippen molar-refractivity contribution in [3.05, 3.63) is 23.8 Å². The van der Waals surface area contributed by atoms with Crippen molar-refractivity contribution in [3.63, 3.8) is 0 Å². The topological polar surface area (TPSA) is 87.8 Å². The summed E-state index contributed by atoms with van der Waals surface area (Å²) in [7, 11) is 0. The molecule has 1 atom stereocenters. The molecule has 0 radical (unpaired) electrons. The third-order valence-corrected chi connectivity index (χ3v) is 3.55. The van der Waals surface area contributed by atoms with Crippen molar-refractivity contribution >= 4 is 5.91 Å². The summed E-state index contributed by atoms with van der Waals surface area (Å²) in [5.41, 5.74) is 0.185. The van der Waals surface area contributed by atoms with Gasteiger partial charge in [0.15, 0.2) is 0 Å². The maximum atomic E-state index is 12.3. The lowest BCUT2D eigenvalue weighted by molar-refractivity contribution is 0.0613. The molecule has 1 unspecified atom stereocenters. The number of amides is 1. The van der Waals surface area contributed by atoms with Crippen LogP contribution < -0.4 is 0 Å². The Balaban J connectivity index is 2.04. The van der Waals surface area contributed by atoms with Gasteiger partial charge in [-0.15, -0.1) is 0 Å². The number of hydrogen-bond acceptors (Lipinski definition) is 5. The van der Waals surface area contributed by atoms with Crippen LogP contribution in [0, 0.1) is 11.3 Å². The van der Waals surface area contributed by atoms with Crippen LogP contribution in [0.1, 0.15) is 17.3 Å². The number of rotatable bonds is 2. The number of carbonyl (C=O) groups excluding carboxylic acids is 1. The maximum absolute atomic E-state index is 12.3. The highest BCUT2D eigenvalue weighted by Crippen LogP contribution is 2.24. The van der Waals surface area contributed by atoms with Crippen LogP contribution in [-0.2, 0) is 0 Å². The molecule has 0 aliphatic carbocycles. The Kier molecular flexibility index (Phi) is 4.11. The fourth-order valence-electron chi connectivity index (χ4n) is 2.27. The van der Waals surface area contributed by atoms with Crippen molar-refractivity contribution in [2.45, 2.75) is 13.0 Å². The fraction of sp³-hybridized carbons (Fsp3) is 0.429. The van der Waals surface area contributed by atoms with E-state index in [2.05, 4.69) is 6.07 Å². The molecule has 0 bridgehead atoms. The molecule has 6 nitrogen and oxygen atoms in total. The Morgan fingerprint density at radius 3 is 2.50 bits per heavy atom. The highest BCUT2D eigenvalue weighted by atomic mass is 16.3. The van der Waals surface area contributed by atoms with E-state index in [1.807, 2.05) is 11.8 Å². The molecule has 1 amide bonds. The first-order chi connectivity index (χ1) is 9.52. The number of aromatic hydroxyl groups is 2. The summed E-state index contributed by atoms with van der Waals surface area (Å²) < 4.78 is 0. The first kappa shape index (κ1) is 14.2. The van der Waals surface area contributed by atoms with Crippen molar-refractivity contribution in [3.8, 4) is 17.6 Å². The van der Waals surface area contributed by atoms with Crippen LogP contribution in [0.4, 0.5) is 0 Å². The van der Waals surface area contributed by atoms with Gasteiger partial charge in [-0.1, -0.05) is 0 Å². The lowest BCUT2D eigenvalue weighted by Gasteiger charge is -2.35. The van der Waals surface area contributed by atoms with Crippen LogP contribution in [0.3, 0.4) is 0 Å². The van der Waals surface area contributed by atoms with Gasteiger partial charge in [0.1, 0.15) is 11.5 Å². The zero-order valence-corrected chi connectivity index (χ0v) is 11.3. The van der Waals surface area contributed by atoms with Crippen LogP contribution in [0.25, 0.3) is 0 Å². The molecule has 106 valence electrons. The maximum Gasteiger partial charge on any atom is 0.257 e. The second kappa shape index (κ2) is 5.80. The van der Waals surface area contributed by atoms with E-state index in [4.69, 9.17) is 5.26 Å². The molecule has 1 aromatic rings. The van der Waals surface area contributed by atoms with Gasteiger partial charge in [0.2, 0.25) is 0 Å². The van der Waals surface area contributed by atoms with E-state index in [-0.39, 0.29) is 29.0 Å². The molecule has 1 saturated heterocycles. The van der Waals surface area contributed by atoms with Gasteiger partial charge in [0, 0.05) is 32.2 Å². The summed E-state index contributed by atoms with van der Waals surface area (Å²) in [6.07, 6.45) is 0. The van der Waals surface area contributed by atoms with Gasteiger partial charge < -0.3 is 15.1 Å². The zero-order valence-electron chi connectivity index (χ0n) is 11.3. The van der Waals surface area contributed by atoms with Crippen LogP contribution in [-0.4, -0.2) is 58.1 Å². The minimum atomic E-state index is -0.258. The van der Waals surface area contributed by atoms with Crippen LogP contribution >= 0.6 is 0 Å². The summed E-state index contributed by atoms with van der Waals surface area (Å²) in [5.74, 6) is -0.554. The van der Waals surface area contributed by atoms with E-state index < -0.39 is 0 Å². The second-order valence-electron chi connectivity index (χ2n) is 4.83. The second-order valence-corrected chi connectivity index (χ2v) is 4.83. The molecule has 0 aromatic heterocycles. The molecule has 1 aliphatic rings. The van der Waals surface area contributed by atoms with Crippen LogP contribution in [0.15, 0.2) is 18.2 Å². The summed E-state index contributed by atoms with van der Waals surface area (Å²) >= 11 is 0. The van der Waals surface area contributed by atoms with E-state index in [1.165, 1.54) is 12.1 Å². The first-order valence-electron chi connectivity index (χ1n) is 6.48. The quantitative estimate of drug-likeness (QED) is 0.832. The third kappa shape index (κ3) is 2.83. The Bertz CT molecular complexity index is 545. The largest absolute Gasteiger partial charge is 0.508 e. The monoisotopic (exact) mass is 275 g/mol. The minimum Gasteiger partial charge on any atom is -0.508 e. The van der Waals surface area contributed by atoms with Crippen molar-refractivity contribution in [2.75, 3.05) is 26.2 Å². The Morgan fingerprint density at radius 1 is 1.30 bits per heavy atom. The SMILES string of the molecule is CC(C#N)N1CCN(C(=O)c2ccc(O)cc2O)CC1. The molecule has 1 heterocycles. The highest BCUT2D eigenvalue weighted by molar-refractivity contribution is 5.97. The molecular formula is C14H17N3O3. The predicted octanol–water partition coefficient (Wildman–Crippen LogP) is 0.768. The standard InChI is InChI=1S/C14H17N3O3/c1-10(9-15)16-4-6-17(7-5-16)14(20)12-3-2-11(18)8-13(12)19/h2-3,8,10,18-19H,4-7H2,1H3. The lowest BCUT2D eigenvalue weighted by atomic mass is 10.1. The van der Waals surface area contributed by atoms with Gasteiger partial charge in [-0.3, -0.25) is 9.69 Å². The number of benzene rings is 1. The predicted molar refractivity (Wildman–Crippen MR) is 72.3 cm³/mol. The van der Waals surface area contributed by atoms with Gasteiger partial charge >= 0.3 is 0 Å².